The standard InChI is InChI=1S/C28H36O5/c1-17(29)32-19-6-7-20-18(14-19)15-23-25(2)12-8-22-26(3)10-5-11-28(22,16-31-24(26)30)21(25)9-13-27(23,4)33-20/h6-7,14,21-23H,5,8-13,15-16H2,1-4H3/t21-,22-,23-,25+,26-,27-,28-/m0/s1. The van der Waals surface area contributed by atoms with E-state index in [0.29, 0.717) is 30.1 Å². The molecule has 3 saturated carbocycles. The Bertz CT molecular complexity index is 1030. The average Bonchev–Trinajstić information content (AvgIpc) is 2.75. The van der Waals surface area contributed by atoms with Crippen LogP contribution in [0.15, 0.2) is 18.2 Å². The minimum atomic E-state index is -0.312. The van der Waals surface area contributed by atoms with Gasteiger partial charge in [0.05, 0.1) is 12.0 Å². The molecule has 0 radical (unpaired) electrons. The fourth-order valence-corrected chi connectivity index (χ4v) is 9.38. The van der Waals surface area contributed by atoms with Crippen LogP contribution in [0.2, 0.25) is 0 Å². The Morgan fingerprint density at radius 2 is 1.82 bits per heavy atom. The van der Waals surface area contributed by atoms with Gasteiger partial charge in [-0.2, -0.15) is 0 Å². The molecule has 0 unspecified atom stereocenters. The second-order valence-corrected chi connectivity index (χ2v) is 12.3. The van der Waals surface area contributed by atoms with Crippen molar-refractivity contribution in [3.05, 3.63) is 23.8 Å². The molecule has 0 spiro atoms. The van der Waals surface area contributed by atoms with Crippen LogP contribution in [0, 0.1) is 34.0 Å². The number of hydrogen-bond donors (Lipinski definition) is 0. The van der Waals surface area contributed by atoms with Gasteiger partial charge in [-0.3, -0.25) is 9.59 Å². The molecule has 1 aromatic carbocycles. The fraction of sp³-hybridized carbons (Fsp3) is 0.714. The predicted molar refractivity (Wildman–Crippen MR) is 123 cm³/mol. The van der Waals surface area contributed by atoms with Gasteiger partial charge >= 0.3 is 11.9 Å². The van der Waals surface area contributed by atoms with Crippen LogP contribution < -0.4 is 9.47 Å². The van der Waals surface area contributed by atoms with Gasteiger partial charge in [0, 0.05) is 18.3 Å². The summed E-state index contributed by atoms with van der Waals surface area (Å²) in [5, 5.41) is 0. The number of esters is 2. The Morgan fingerprint density at radius 3 is 2.61 bits per heavy atom. The van der Waals surface area contributed by atoms with Crippen LogP contribution in [0.1, 0.15) is 78.2 Å². The summed E-state index contributed by atoms with van der Waals surface area (Å²) < 4.78 is 18.1. The maximum Gasteiger partial charge on any atom is 0.312 e. The lowest BCUT2D eigenvalue weighted by Crippen LogP contribution is -2.69. The zero-order chi connectivity index (χ0) is 23.2. The van der Waals surface area contributed by atoms with Crippen molar-refractivity contribution in [1.29, 1.82) is 0 Å². The van der Waals surface area contributed by atoms with Gasteiger partial charge in [0.1, 0.15) is 17.1 Å². The van der Waals surface area contributed by atoms with E-state index in [1.165, 1.54) is 13.3 Å². The zero-order valence-corrected chi connectivity index (χ0v) is 20.4. The first-order valence-corrected chi connectivity index (χ1v) is 12.8. The minimum Gasteiger partial charge on any atom is -0.487 e. The molecule has 33 heavy (non-hydrogen) atoms. The van der Waals surface area contributed by atoms with Crippen LogP contribution in [0.4, 0.5) is 0 Å². The summed E-state index contributed by atoms with van der Waals surface area (Å²) in [6.45, 7) is 9.02. The summed E-state index contributed by atoms with van der Waals surface area (Å²) in [6.07, 6.45) is 8.61. The van der Waals surface area contributed by atoms with Crippen molar-refractivity contribution in [3.63, 3.8) is 0 Å². The van der Waals surface area contributed by atoms with Crippen molar-refractivity contribution in [3.8, 4) is 11.5 Å². The second-order valence-electron chi connectivity index (χ2n) is 12.3. The molecule has 2 bridgehead atoms. The van der Waals surface area contributed by atoms with E-state index in [4.69, 9.17) is 14.2 Å². The van der Waals surface area contributed by atoms with Gasteiger partial charge < -0.3 is 14.2 Å². The Morgan fingerprint density at radius 1 is 1.03 bits per heavy atom. The average molecular weight is 453 g/mol. The summed E-state index contributed by atoms with van der Waals surface area (Å²) in [4.78, 5) is 24.4. The summed E-state index contributed by atoms with van der Waals surface area (Å²) in [7, 11) is 0. The lowest BCUT2D eigenvalue weighted by atomic mass is 9.36. The first kappa shape index (κ1) is 21.5. The summed E-state index contributed by atoms with van der Waals surface area (Å²) >= 11 is 0. The number of rotatable bonds is 1. The van der Waals surface area contributed by atoms with Crippen molar-refractivity contribution in [2.24, 2.45) is 34.0 Å². The largest absolute Gasteiger partial charge is 0.487 e. The number of hydrogen-bond acceptors (Lipinski definition) is 5. The molecule has 2 heterocycles. The third-order valence-corrected chi connectivity index (χ3v) is 10.7. The number of fused-ring (bicyclic) bond motifs is 4. The van der Waals surface area contributed by atoms with E-state index in [0.717, 1.165) is 56.3 Å². The fourth-order valence-electron chi connectivity index (χ4n) is 9.38. The van der Waals surface area contributed by atoms with Gasteiger partial charge in [0.25, 0.3) is 0 Å². The van der Waals surface area contributed by atoms with Crippen molar-refractivity contribution in [2.75, 3.05) is 6.61 Å². The van der Waals surface area contributed by atoms with E-state index in [1.807, 2.05) is 18.2 Å². The molecule has 7 atom stereocenters. The Kier molecular flexibility index (Phi) is 4.40. The van der Waals surface area contributed by atoms with Crippen molar-refractivity contribution >= 4 is 11.9 Å². The Balaban J connectivity index is 1.39. The number of carbonyl (C=O) groups is 2. The highest BCUT2D eigenvalue weighted by Gasteiger charge is 2.70. The smallest absolute Gasteiger partial charge is 0.312 e. The third kappa shape index (κ3) is 2.77. The van der Waals surface area contributed by atoms with Crippen LogP contribution in [-0.4, -0.2) is 24.1 Å². The number of ether oxygens (including phenoxy) is 3. The van der Waals surface area contributed by atoms with Gasteiger partial charge in [-0.05, 0) is 99.8 Å². The predicted octanol–water partition coefficient (Wildman–Crippen LogP) is 5.48. The molecule has 5 nitrogen and oxygen atoms in total. The van der Waals surface area contributed by atoms with E-state index in [1.54, 1.807) is 0 Å². The molecule has 4 fully saturated rings. The quantitative estimate of drug-likeness (QED) is 0.417. The number of carbonyl (C=O) groups excluding carboxylic acids is 2. The van der Waals surface area contributed by atoms with E-state index < -0.39 is 0 Å². The summed E-state index contributed by atoms with van der Waals surface area (Å²) in [6, 6.07) is 5.79. The van der Waals surface area contributed by atoms with Crippen LogP contribution in [-0.2, 0) is 20.7 Å². The second kappa shape index (κ2) is 6.76. The molecule has 6 rings (SSSR count). The monoisotopic (exact) mass is 452 g/mol. The van der Waals surface area contributed by atoms with Crippen molar-refractivity contribution in [1.82, 2.24) is 0 Å². The molecule has 1 saturated heterocycles. The molecule has 0 amide bonds. The molecular formula is C28H36O5. The van der Waals surface area contributed by atoms with Gasteiger partial charge in [-0.1, -0.05) is 13.3 Å². The van der Waals surface area contributed by atoms with Crippen LogP contribution in [0.3, 0.4) is 0 Å². The lowest BCUT2D eigenvalue weighted by molar-refractivity contribution is -0.255. The van der Waals surface area contributed by atoms with Crippen LogP contribution >= 0.6 is 0 Å². The molecule has 5 heteroatoms. The van der Waals surface area contributed by atoms with Crippen molar-refractivity contribution < 1.29 is 23.8 Å². The molecular weight excluding hydrogens is 416 g/mol. The normalized spacial score (nSPS) is 45.3. The van der Waals surface area contributed by atoms with E-state index in [-0.39, 0.29) is 33.8 Å². The topological polar surface area (TPSA) is 61.8 Å². The molecule has 3 aliphatic carbocycles. The van der Waals surface area contributed by atoms with Gasteiger partial charge in [0.2, 0.25) is 0 Å². The number of benzene rings is 1. The highest BCUT2D eigenvalue weighted by Crippen LogP contribution is 2.72. The maximum absolute atomic E-state index is 12.9. The summed E-state index contributed by atoms with van der Waals surface area (Å²) in [5.41, 5.74) is 0.859. The Labute approximate surface area is 196 Å². The Hall–Kier alpha value is -2.04. The molecule has 1 aromatic rings. The molecule has 0 aromatic heterocycles. The first-order valence-electron chi connectivity index (χ1n) is 12.8. The highest BCUT2D eigenvalue weighted by molar-refractivity contribution is 5.78. The lowest BCUT2D eigenvalue weighted by Gasteiger charge is -2.70. The molecule has 2 aliphatic heterocycles. The van der Waals surface area contributed by atoms with E-state index in [9.17, 15) is 9.59 Å². The summed E-state index contributed by atoms with van der Waals surface area (Å²) in [5.74, 6) is 2.62. The number of cyclic esters (lactones) is 1. The molecule has 5 aliphatic rings. The molecule has 178 valence electrons. The maximum atomic E-state index is 12.9. The van der Waals surface area contributed by atoms with Gasteiger partial charge in [-0.25, -0.2) is 0 Å². The van der Waals surface area contributed by atoms with E-state index in [2.05, 4.69) is 20.8 Å². The minimum absolute atomic E-state index is 0.0417. The van der Waals surface area contributed by atoms with Crippen LogP contribution in [0.5, 0.6) is 11.5 Å². The van der Waals surface area contributed by atoms with E-state index >= 15 is 0 Å². The van der Waals surface area contributed by atoms with Crippen molar-refractivity contribution in [2.45, 2.75) is 84.7 Å². The van der Waals surface area contributed by atoms with Crippen LogP contribution in [0.25, 0.3) is 0 Å². The SMILES string of the molecule is CC(=O)Oc1ccc2c(c1)C[C@H]1[C@]3(C)CC[C@@H]4[C@]5(CCC[C@]4(C)C(=O)OC5)[C@H]3CC[C@]1(C)O2. The third-order valence-electron chi connectivity index (χ3n) is 10.7. The zero-order valence-electron chi connectivity index (χ0n) is 20.4. The van der Waals surface area contributed by atoms with Gasteiger partial charge in [0.15, 0.2) is 0 Å². The highest BCUT2D eigenvalue weighted by atomic mass is 16.5. The van der Waals surface area contributed by atoms with Gasteiger partial charge in [-0.15, -0.1) is 0 Å². The molecule has 0 N–H and O–H groups in total. The first-order chi connectivity index (χ1) is 15.6.